The van der Waals surface area contributed by atoms with Gasteiger partial charge in [-0.15, -0.1) is 0 Å². The molecule has 0 amide bonds. The standard InChI is InChI=1S/C22H20ClFN6S/c1-15-9-21(28-30(15)13-17-3-2-4-18(23)10-17)27-22(31)26-20-11-25-29(14-20)12-16-5-7-19(24)8-6-16/h2-11,14H,12-13H2,1H3,(H2,26,27,28,31). The molecule has 0 aliphatic rings. The number of nitrogens with one attached hydrogen (secondary N) is 2. The van der Waals surface area contributed by atoms with Gasteiger partial charge in [0.25, 0.3) is 0 Å². The average molecular weight is 455 g/mol. The average Bonchev–Trinajstić information content (AvgIpc) is 3.29. The van der Waals surface area contributed by atoms with E-state index in [9.17, 15) is 4.39 Å². The van der Waals surface area contributed by atoms with Crippen LogP contribution < -0.4 is 10.6 Å². The molecule has 0 saturated carbocycles. The zero-order chi connectivity index (χ0) is 21.8. The summed E-state index contributed by atoms with van der Waals surface area (Å²) in [5.74, 6) is 0.393. The minimum atomic E-state index is -0.256. The number of aryl methyl sites for hydroxylation is 1. The Morgan fingerprint density at radius 3 is 2.65 bits per heavy atom. The van der Waals surface area contributed by atoms with Crippen molar-refractivity contribution in [3.8, 4) is 0 Å². The molecule has 0 unspecified atom stereocenters. The molecule has 2 N–H and O–H groups in total. The maximum Gasteiger partial charge on any atom is 0.176 e. The number of hydrogen-bond acceptors (Lipinski definition) is 3. The normalized spacial score (nSPS) is 10.8. The van der Waals surface area contributed by atoms with Crippen LogP contribution in [-0.4, -0.2) is 24.7 Å². The summed E-state index contributed by atoms with van der Waals surface area (Å²) < 4.78 is 16.7. The summed E-state index contributed by atoms with van der Waals surface area (Å²) in [6.45, 7) is 3.14. The lowest BCUT2D eigenvalue weighted by Gasteiger charge is -2.07. The molecule has 6 nitrogen and oxygen atoms in total. The van der Waals surface area contributed by atoms with Gasteiger partial charge in [0.05, 0.1) is 25.0 Å². The fourth-order valence-electron chi connectivity index (χ4n) is 3.11. The Bertz CT molecular complexity index is 1200. The first-order valence-corrected chi connectivity index (χ1v) is 10.4. The molecule has 0 spiro atoms. The lowest BCUT2D eigenvalue weighted by Crippen LogP contribution is -2.19. The second kappa shape index (κ2) is 9.28. The predicted octanol–water partition coefficient (Wildman–Crippen LogP) is 5.09. The van der Waals surface area contributed by atoms with E-state index in [1.165, 1.54) is 12.1 Å². The maximum atomic E-state index is 13.0. The van der Waals surface area contributed by atoms with Crippen LogP contribution in [0.25, 0.3) is 0 Å². The van der Waals surface area contributed by atoms with Crippen LogP contribution in [0.1, 0.15) is 16.8 Å². The van der Waals surface area contributed by atoms with Gasteiger partial charge in [0.15, 0.2) is 10.9 Å². The van der Waals surface area contributed by atoms with Crippen LogP contribution in [0.3, 0.4) is 0 Å². The summed E-state index contributed by atoms with van der Waals surface area (Å²) in [6.07, 6.45) is 3.51. The van der Waals surface area contributed by atoms with Crippen LogP contribution in [0.5, 0.6) is 0 Å². The van der Waals surface area contributed by atoms with Gasteiger partial charge in [0.1, 0.15) is 5.82 Å². The molecule has 31 heavy (non-hydrogen) atoms. The highest BCUT2D eigenvalue weighted by Gasteiger charge is 2.08. The van der Waals surface area contributed by atoms with Gasteiger partial charge < -0.3 is 10.6 Å². The van der Waals surface area contributed by atoms with Crippen LogP contribution in [0.2, 0.25) is 5.02 Å². The predicted molar refractivity (Wildman–Crippen MR) is 125 cm³/mol. The number of halogens is 2. The number of hydrogen-bond donors (Lipinski definition) is 2. The number of nitrogens with zero attached hydrogens (tertiary/aromatic N) is 4. The number of benzene rings is 2. The molecule has 2 heterocycles. The van der Waals surface area contributed by atoms with Crippen molar-refractivity contribution in [2.24, 2.45) is 0 Å². The summed E-state index contributed by atoms with van der Waals surface area (Å²) in [7, 11) is 0. The molecule has 9 heteroatoms. The summed E-state index contributed by atoms with van der Waals surface area (Å²) in [5.41, 5.74) is 3.77. The number of rotatable bonds is 6. The van der Waals surface area contributed by atoms with E-state index in [-0.39, 0.29) is 5.82 Å². The second-order valence-corrected chi connectivity index (χ2v) is 7.94. The van der Waals surface area contributed by atoms with Crippen LogP contribution in [0, 0.1) is 12.7 Å². The first kappa shape index (κ1) is 21.0. The largest absolute Gasteiger partial charge is 0.330 e. The van der Waals surface area contributed by atoms with Crippen molar-refractivity contribution in [3.63, 3.8) is 0 Å². The van der Waals surface area contributed by atoms with Gasteiger partial charge in [0, 0.05) is 23.0 Å². The van der Waals surface area contributed by atoms with Crippen molar-refractivity contribution in [2.45, 2.75) is 20.0 Å². The van der Waals surface area contributed by atoms with Gasteiger partial charge in [-0.2, -0.15) is 10.2 Å². The van der Waals surface area contributed by atoms with Gasteiger partial charge >= 0.3 is 0 Å². The molecule has 0 bridgehead atoms. The van der Waals surface area contributed by atoms with Crippen LogP contribution in [0.15, 0.2) is 67.0 Å². The van der Waals surface area contributed by atoms with Crippen molar-refractivity contribution < 1.29 is 4.39 Å². The summed E-state index contributed by atoms with van der Waals surface area (Å²) >= 11 is 11.5. The number of thiocarbonyl (C=S) groups is 1. The number of aromatic nitrogens is 4. The Balaban J connectivity index is 1.35. The lowest BCUT2D eigenvalue weighted by molar-refractivity contribution is 0.624. The van der Waals surface area contributed by atoms with Gasteiger partial charge in [-0.3, -0.25) is 9.36 Å². The van der Waals surface area contributed by atoms with Crippen molar-refractivity contribution >= 4 is 40.4 Å². The van der Waals surface area contributed by atoms with E-state index < -0.39 is 0 Å². The van der Waals surface area contributed by atoms with Gasteiger partial charge in [0.2, 0.25) is 0 Å². The quantitative estimate of drug-likeness (QED) is 0.397. The molecule has 4 rings (SSSR count). The molecule has 2 aromatic carbocycles. The third-order valence-corrected chi connectivity index (χ3v) is 5.03. The van der Waals surface area contributed by atoms with Crippen LogP contribution in [0.4, 0.5) is 15.9 Å². The Kier molecular flexibility index (Phi) is 6.29. The molecule has 0 fully saturated rings. The summed E-state index contributed by atoms with van der Waals surface area (Å²) in [4.78, 5) is 0. The van der Waals surface area contributed by atoms with Crippen LogP contribution >= 0.6 is 23.8 Å². The lowest BCUT2D eigenvalue weighted by atomic mass is 10.2. The summed E-state index contributed by atoms with van der Waals surface area (Å²) in [6, 6.07) is 16.0. The topological polar surface area (TPSA) is 59.7 Å². The Morgan fingerprint density at radius 2 is 1.87 bits per heavy atom. The van der Waals surface area contributed by atoms with Crippen LogP contribution in [-0.2, 0) is 13.1 Å². The van der Waals surface area contributed by atoms with E-state index in [0.29, 0.717) is 29.0 Å². The van der Waals surface area contributed by atoms with Gasteiger partial charge in [-0.05, 0) is 54.5 Å². The van der Waals surface area contributed by atoms with Crippen molar-refractivity contribution in [1.82, 2.24) is 19.6 Å². The molecular weight excluding hydrogens is 435 g/mol. The molecule has 0 aliphatic heterocycles. The molecule has 0 atom stereocenters. The van der Waals surface area contributed by atoms with Crippen molar-refractivity contribution in [2.75, 3.05) is 10.6 Å². The van der Waals surface area contributed by atoms with Gasteiger partial charge in [-0.1, -0.05) is 35.9 Å². The van der Waals surface area contributed by atoms with E-state index in [1.807, 2.05) is 48.1 Å². The van der Waals surface area contributed by atoms with Gasteiger partial charge in [-0.25, -0.2) is 4.39 Å². The Hall–Kier alpha value is -3.23. The Labute approximate surface area is 189 Å². The first-order valence-electron chi connectivity index (χ1n) is 9.58. The minimum absolute atomic E-state index is 0.256. The summed E-state index contributed by atoms with van der Waals surface area (Å²) in [5, 5.41) is 16.2. The third kappa shape index (κ3) is 5.68. The minimum Gasteiger partial charge on any atom is -0.330 e. The molecule has 2 aromatic heterocycles. The zero-order valence-corrected chi connectivity index (χ0v) is 18.3. The monoisotopic (exact) mass is 454 g/mol. The molecule has 158 valence electrons. The second-order valence-electron chi connectivity index (χ2n) is 7.09. The third-order valence-electron chi connectivity index (χ3n) is 4.59. The maximum absolute atomic E-state index is 13.0. The fraction of sp³-hybridized carbons (Fsp3) is 0.136. The van der Waals surface area contributed by atoms with E-state index in [1.54, 1.807) is 23.0 Å². The molecule has 4 aromatic rings. The van der Waals surface area contributed by atoms with E-state index in [4.69, 9.17) is 23.8 Å². The SMILES string of the molecule is Cc1cc(NC(=S)Nc2cnn(Cc3ccc(F)cc3)c2)nn1Cc1cccc(Cl)c1. The number of anilines is 2. The fourth-order valence-corrected chi connectivity index (χ4v) is 3.54. The van der Waals surface area contributed by atoms with E-state index in [2.05, 4.69) is 20.8 Å². The zero-order valence-electron chi connectivity index (χ0n) is 16.7. The van der Waals surface area contributed by atoms with Crippen molar-refractivity contribution in [3.05, 3.63) is 94.7 Å². The highest BCUT2D eigenvalue weighted by molar-refractivity contribution is 7.80. The van der Waals surface area contributed by atoms with E-state index >= 15 is 0 Å². The Morgan fingerprint density at radius 1 is 1.06 bits per heavy atom. The highest BCUT2D eigenvalue weighted by atomic mass is 35.5. The molecule has 0 saturated heterocycles. The first-order chi connectivity index (χ1) is 14.9. The van der Waals surface area contributed by atoms with E-state index in [0.717, 1.165) is 22.5 Å². The van der Waals surface area contributed by atoms with Crippen molar-refractivity contribution in [1.29, 1.82) is 0 Å². The smallest absolute Gasteiger partial charge is 0.176 e. The highest BCUT2D eigenvalue weighted by Crippen LogP contribution is 2.15. The molecular formula is C22H20ClFN6S. The molecule has 0 aliphatic carbocycles. The molecule has 0 radical (unpaired) electrons.